The lowest BCUT2D eigenvalue weighted by Gasteiger charge is -2.24. The fraction of sp³-hybridized carbons (Fsp3) is 0.440. The molecule has 14 heteroatoms. The number of aromatic nitrogens is 1. The molecule has 1 aromatic heterocycles. The number of carbonyl (C=O) groups excluding carboxylic acids is 4. The number of H-pyrrole nitrogens is 1. The molecule has 4 unspecified atom stereocenters. The normalized spacial score (nSPS) is 14.2. The lowest BCUT2D eigenvalue weighted by Crippen LogP contribution is -2.58. The van der Waals surface area contributed by atoms with E-state index >= 15 is 0 Å². The van der Waals surface area contributed by atoms with Crippen molar-refractivity contribution in [3.05, 3.63) is 36.0 Å². The molecule has 10 N–H and O–H groups in total. The van der Waals surface area contributed by atoms with Gasteiger partial charge in [0, 0.05) is 17.1 Å². The highest BCUT2D eigenvalue weighted by atomic mass is 16.4. The Morgan fingerprint density at radius 2 is 1.44 bits per heavy atom. The number of aromatic amines is 1. The van der Waals surface area contributed by atoms with E-state index in [4.69, 9.17) is 11.5 Å². The number of nitrogens with two attached hydrogens (primary N) is 2. The lowest BCUT2D eigenvalue weighted by molar-refractivity contribution is -0.143. The highest BCUT2D eigenvalue weighted by molar-refractivity contribution is 5.97. The Morgan fingerprint density at radius 1 is 0.872 bits per heavy atom. The summed E-state index contributed by atoms with van der Waals surface area (Å²) < 4.78 is 0. The van der Waals surface area contributed by atoms with Crippen LogP contribution in [0.4, 0.5) is 0 Å². The summed E-state index contributed by atoms with van der Waals surface area (Å²) >= 11 is 0. The van der Waals surface area contributed by atoms with Crippen molar-refractivity contribution in [2.45, 2.75) is 63.7 Å². The number of rotatable bonds is 15. The predicted octanol–water partition coefficient (Wildman–Crippen LogP) is -1.03. The molecule has 1 aromatic carbocycles. The highest BCUT2D eigenvalue weighted by Crippen LogP contribution is 2.18. The van der Waals surface area contributed by atoms with Crippen molar-refractivity contribution in [2.75, 3.05) is 0 Å². The van der Waals surface area contributed by atoms with Gasteiger partial charge in [-0.1, -0.05) is 32.0 Å². The Hall–Kier alpha value is -4.46. The van der Waals surface area contributed by atoms with E-state index in [0.29, 0.717) is 0 Å². The maximum atomic E-state index is 12.9. The van der Waals surface area contributed by atoms with E-state index in [2.05, 4.69) is 20.9 Å². The third-order valence-electron chi connectivity index (χ3n) is 5.82. The second-order valence-electron chi connectivity index (χ2n) is 9.59. The molecule has 4 atom stereocenters. The summed E-state index contributed by atoms with van der Waals surface area (Å²) in [6.07, 6.45) is 0.295. The molecule has 2 rings (SSSR count). The molecule has 1 heterocycles. The molecular formula is C25H34N6O8. The zero-order chi connectivity index (χ0) is 29.3. The lowest BCUT2D eigenvalue weighted by atomic mass is 10.0. The average molecular weight is 547 g/mol. The van der Waals surface area contributed by atoms with Crippen LogP contribution in [-0.4, -0.2) is 74.9 Å². The zero-order valence-corrected chi connectivity index (χ0v) is 21.6. The quantitative estimate of drug-likeness (QED) is 0.136. The molecule has 2 aromatic rings. The van der Waals surface area contributed by atoms with Crippen molar-refractivity contribution in [3.63, 3.8) is 0 Å². The predicted molar refractivity (Wildman–Crippen MR) is 139 cm³/mol. The summed E-state index contributed by atoms with van der Waals surface area (Å²) in [6, 6.07) is 1.62. The standard InChI is InChI=1S/C25H34N6O8/c1-12(2)7-19(25(38)39)31-23(36)17(9-20(27)32)30-24(37)18(10-21(33)34)29-22(35)15(26)8-13-11-28-16-6-4-3-5-14(13)16/h3-6,11-12,15,17-19,28H,7-10,26H2,1-2H3,(H2,27,32)(H,29,35)(H,30,37)(H,31,36)(H,33,34)(H,38,39). The first-order chi connectivity index (χ1) is 18.3. The fourth-order valence-corrected chi connectivity index (χ4v) is 3.94. The molecule has 0 saturated carbocycles. The summed E-state index contributed by atoms with van der Waals surface area (Å²) in [6.45, 7) is 3.49. The summed E-state index contributed by atoms with van der Waals surface area (Å²) in [5, 5.41) is 26.2. The maximum absolute atomic E-state index is 12.9. The van der Waals surface area contributed by atoms with E-state index in [1.54, 1.807) is 20.0 Å². The molecule has 14 nitrogen and oxygen atoms in total. The van der Waals surface area contributed by atoms with E-state index in [0.717, 1.165) is 16.5 Å². The van der Waals surface area contributed by atoms with Gasteiger partial charge in [-0.3, -0.25) is 24.0 Å². The minimum Gasteiger partial charge on any atom is -0.481 e. The fourth-order valence-electron chi connectivity index (χ4n) is 3.94. The number of amides is 4. The summed E-state index contributed by atoms with van der Waals surface area (Å²) in [5.41, 5.74) is 12.8. The minimum atomic E-state index is -1.65. The number of nitrogens with one attached hydrogen (secondary N) is 4. The molecule has 0 aliphatic rings. The van der Waals surface area contributed by atoms with E-state index < -0.39 is 72.6 Å². The number of benzene rings is 1. The van der Waals surface area contributed by atoms with E-state index in [1.807, 2.05) is 24.3 Å². The van der Waals surface area contributed by atoms with Gasteiger partial charge in [0.2, 0.25) is 23.6 Å². The first-order valence-electron chi connectivity index (χ1n) is 12.2. The van der Waals surface area contributed by atoms with Crippen LogP contribution < -0.4 is 27.4 Å². The van der Waals surface area contributed by atoms with Crippen LogP contribution in [0.2, 0.25) is 0 Å². The van der Waals surface area contributed by atoms with E-state index in [-0.39, 0.29) is 18.8 Å². The van der Waals surface area contributed by atoms with E-state index in [1.165, 1.54) is 0 Å². The van der Waals surface area contributed by atoms with Gasteiger partial charge in [-0.2, -0.15) is 0 Å². The van der Waals surface area contributed by atoms with Crippen LogP contribution in [0, 0.1) is 5.92 Å². The smallest absolute Gasteiger partial charge is 0.326 e. The molecule has 0 spiro atoms. The number of hydrogen-bond acceptors (Lipinski definition) is 7. The van der Waals surface area contributed by atoms with Gasteiger partial charge in [-0.15, -0.1) is 0 Å². The summed E-state index contributed by atoms with van der Waals surface area (Å²) in [5.74, 6) is -6.75. The van der Waals surface area contributed by atoms with Gasteiger partial charge in [0.05, 0.1) is 18.9 Å². The van der Waals surface area contributed by atoms with Gasteiger partial charge in [-0.05, 0) is 30.4 Å². The monoisotopic (exact) mass is 546 g/mol. The van der Waals surface area contributed by atoms with Gasteiger partial charge in [0.15, 0.2) is 0 Å². The molecule has 0 aliphatic heterocycles. The Labute approximate surface area is 223 Å². The first kappa shape index (κ1) is 30.8. The van der Waals surface area contributed by atoms with Gasteiger partial charge in [-0.25, -0.2) is 4.79 Å². The van der Waals surface area contributed by atoms with Crippen LogP contribution in [0.1, 0.15) is 38.7 Å². The third kappa shape index (κ3) is 9.41. The van der Waals surface area contributed by atoms with Gasteiger partial charge < -0.3 is 42.6 Å². The Morgan fingerprint density at radius 3 is 2.00 bits per heavy atom. The number of carboxylic acid groups (broad SMARTS) is 2. The van der Waals surface area contributed by atoms with Gasteiger partial charge in [0.25, 0.3) is 0 Å². The Balaban J connectivity index is 2.14. The number of aliphatic carboxylic acids is 2. The average Bonchev–Trinajstić information content (AvgIpc) is 3.24. The second-order valence-corrected chi connectivity index (χ2v) is 9.59. The van der Waals surface area contributed by atoms with Crippen molar-refractivity contribution >= 4 is 46.5 Å². The molecule has 0 fully saturated rings. The largest absolute Gasteiger partial charge is 0.481 e. The summed E-state index contributed by atoms with van der Waals surface area (Å²) in [4.78, 5) is 76.0. The van der Waals surface area contributed by atoms with Crippen LogP contribution >= 0.6 is 0 Å². The molecule has 0 bridgehead atoms. The number of para-hydroxylation sites is 1. The van der Waals surface area contributed by atoms with Crippen molar-refractivity contribution in [2.24, 2.45) is 17.4 Å². The SMILES string of the molecule is CC(C)CC(NC(=O)C(CC(N)=O)NC(=O)C(CC(=O)O)NC(=O)C(N)Cc1c[nH]c2ccccc12)C(=O)O. The van der Waals surface area contributed by atoms with Crippen LogP contribution in [0.5, 0.6) is 0 Å². The van der Waals surface area contributed by atoms with Crippen molar-refractivity contribution in [1.29, 1.82) is 0 Å². The summed E-state index contributed by atoms with van der Waals surface area (Å²) in [7, 11) is 0. The van der Waals surface area contributed by atoms with Crippen molar-refractivity contribution in [1.82, 2.24) is 20.9 Å². The van der Waals surface area contributed by atoms with Crippen molar-refractivity contribution < 1.29 is 39.0 Å². The zero-order valence-electron chi connectivity index (χ0n) is 21.6. The highest BCUT2D eigenvalue weighted by Gasteiger charge is 2.32. The molecule has 39 heavy (non-hydrogen) atoms. The van der Waals surface area contributed by atoms with Crippen molar-refractivity contribution in [3.8, 4) is 0 Å². The maximum Gasteiger partial charge on any atom is 0.326 e. The Kier molecular flexibility index (Phi) is 11.0. The minimum absolute atomic E-state index is 0.0737. The van der Waals surface area contributed by atoms with Crippen LogP contribution in [-0.2, 0) is 35.2 Å². The number of carboxylic acids is 2. The van der Waals surface area contributed by atoms with Crippen LogP contribution in [0.15, 0.2) is 30.5 Å². The van der Waals surface area contributed by atoms with Gasteiger partial charge >= 0.3 is 11.9 Å². The number of carbonyl (C=O) groups is 6. The molecule has 0 aliphatic carbocycles. The number of fused-ring (bicyclic) bond motifs is 1. The number of primary amides is 1. The molecule has 4 amide bonds. The second kappa shape index (κ2) is 13.9. The van der Waals surface area contributed by atoms with Gasteiger partial charge in [0.1, 0.15) is 18.1 Å². The molecular weight excluding hydrogens is 512 g/mol. The van der Waals surface area contributed by atoms with Crippen LogP contribution in [0.25, 0.3) is 10.9 Å². The van der Waals surface area contributed by atoms with Crippen LogP contribution in [0.3, 0.4) is 0 Å². The number of hydrogen-bond donors (Lipinski definition) is 8. The third-order valence-corrected chi connectivity index (χ3v) is 5.82. The Bertz CT molecular complexity index is 1230. The van der Waals surface area contributed by atoms with E-state index in [9.17, 15) is 39.0 Å². The first-order valence-corrected chi connectivity index (χ1v) is 12.2. The topological polar surface area (TPSA) is 247 Å². The molecule has 0 saturated heterocycles. The molecule has 0 radical (unpaired) electrons. The molecule has 212 valence electrons.